The van der Waals surface area contributed by atoms with Gasteiger partial charge >= 0.3 is 0 Å². The third-order valence-electron chi connectivity index (χ3n) is 5.06. The number of amides is 2. The van der Waals surface area contributed by atoms with Gasteiger partial charge in [-0.1, -0.05) is 25.0 Å². The molecule has 0 unspecified atom stereocenters. The third-order valence-corrected chi connectivity index (χ3v) is 6.13. The van der Waals surface area contributed by atoms with Gasteiger partial charge in [-0.3, -0.25) is 14.9 Å². The van der Waals surface area contributed by atoms with Crippen LogP contribution in [0.1, 0.15) is 62.8 Å². The first kappa shape index (κ1) is 21.0. The van der Waals surface area contributed by atoms with Crippen LogP contribution in [0, 0.1) is 5.82 Å². The molecule has 7 nitrogen and oxygen atoms in total. The van der Waals surface area contributed by atoms with Gasteiger partial charge in [-0.2, -0.15) is 0 Å². The summed E-state index contributed by atoms with van der Waals surface area (Å²) in [4.78, 5) is 39.4. The van der Waals surface area contributed by atoms with Crippen LogP contribution in [-0.4, -0.2) is 26.8 Å². The van der Waals surface area contributed by atoms with Gasteiger partial charge < -0.3 is 5.32 Å². The van der Waals surface area contributed by atoms with E-state index >= 15 is 0 Å². The van der Waals surface area contributed by atoms with Crippen molar-refractivity contribution in [3.05, 3.63) is 70.0 Å². The fraction of sp³-hybridized carbons (Fsp3) is 0.318. The van der Waals surface area contributed by atoms with Crippen molar-refractivity contribution in [1.82, 2.24) is 20.3 Å². The molecule has 0 saturated carbocycles. The molecule has 2 heterocycles. The van der Waals surface area contributed by atoms with Crippen LogP contribution in [0.5, 0.6) is 0 Å². The molecule has 0 saturated heterocycles. The van der Waals surface area contributed by atoms with E-state index in [1.165, 1.54) is 53.6 Å². The fourth-order valence-electron chi connectivity index (χ4n) is 3.45. The highest BCUT2D eigenvalue weighted by Crippen LogP contribution is 2.28. The summed E-state index contributed by atoms with van der Waals surface area (Å²) in [5, 5.41) is 5.98. The molecule has 9 heteroatoms. The van der Waals surface area contributed by atoms with Crippen LogP contribution in [0.2, 0.25) is 0 Å². The number of rotatable bonds is 5. The Balaban J connectivity index is 1.46. The van der Waals surface area contributed by atoms with Crippen LogP contribution in [-0.2, 0) is 19.4 Å². The lowest BCUT2D eigenvalue weighted by molar-refractivity contribution is 0.0931. The number of hydrogen-bond acceptors (Lipinski definition) is 6. The molecule has 0 aliphatic heterocycles. The molecule has 1 aliphatic carbocycles. The summed E-state index contributed by atoms with van der Waals surface area (Å²) in [7, 11) is 0. The van der Waals surface area contributed by atoms with E-state index in [1.807, 2.05) is 0 Å². The first-order valence-corrected chi connectivity index (χ1v) is 11.1. The predicted octanol–water partition coefficient (Wildman–Crippen LogP) is 3.91. The number of aryl methyl sites for hydroxylation is 2. The number of carbonyl (C=O) groups is 2. The van der Waals surface area contributed by atoms with E-state index in [0.717, 1.165) is 36.9 Å². The molecule has 2 N–H and O–H groups in total. The van der Waals surface area contributed by atoms with Crippen LogP contribution in [0.15, 0.2) is 36.7 Å². The van der Waals surface area contributed by atoms with Crippen molar-refractivity contribution in [1.29, 1.82) is 0 Å². The molecular formula is C22H22FN5O2S. The number of nitrogens with zero attached hydrogens (tertiary/aromatic N) is 3. The van der Waals surface area contributed by atoms with Crippen molar-refractivity contribution >= 4 is 28.3 Å². The molecule has 31 heavy (non-hydrogen) atoms. The highest BCUT2D eigenvalue weighted by molar-refractivity contribution is 7.15. The van der Waals surface area contributed by atoms with Crippen molar-refractivity contribution in [3.63, 3.8) is 0 Å². The molecule has 0 fully saturated rings. The number of fused-ring (bicyclic) bond motifs is 1. The van der Waals surface area contributed by atoms with Gasteiger partial charge in [0.05, 0.1) is 5.69 Å². The lowest BCUT2D eigenvalue weighted by Crippen LogP contribution is -2.28. The molecule has 160 valence electrons. The summed E-state index contributed by atoms with van der Waals surface area (Å²) < 4.78 is 13.0. The van der Waals surface area contributed by atoms with E-state index in [0.29, 0.717) is 5.13 Å². The van der Waals surface area contributed by atoms with E-state index in [2.05, 4.69) is 25.6 Å². The molecule has 0 radical (unpaired) electrons. The normalized spacial score (nSPS) is 13.6. The highest BCUT2D eigenvalue weighted by atomic mass is 32.1. The SMILES string of the molecule is O=C(NCc1ccc(F)cc1)c1nccnc1C(=O)Nc1nc2c(s1)CCCCCC2. The zero-order valence-corrected chi connectivity index (χ0v) is 17.7. The first-order valence-electron chi connectivity index (χ1n) is 10.2. The number of halogens is 1. The maximum absolute atomic E-state index is 13.0. The Hall–Kier alpha value is -3.20. The van der Waals surface area contributed by atoms with E-state index in [4.69, 9.17) is 0 Å². The molecule has 0 spiro atoms. The molecular weight excluding hydrogens is 417 g/mol. The number of thiazole rings is 1. The summed E-state index contributed by atoms with van der Waals surface area (Å²) in [6, 6.07) is 5.80. The number of hydrogen-bond donors (Lipinski definition) is 2. The van der Waals surface area contributed by atoms with E-state index in [1.54, 1.807) is 12.1 Å². The average molecular weight is 440 g/mol. The van der Waals surface area contributed by atoms with Gasteiger partial charge in [-0.25, -0.2) is 19.3 Å². The lowest BCUT2D eigenvalue weighted by Gasteiger charge is -2.08. The number of benzene rings is 1. The molecule has 0 atom stereocenters. The summed E-state index contributed by atoms with van der Waals surface area (Å²) in [5.41, 5.74) is 1.64. The first-order chi connectivity index (χ1) is 15.1. The Labute approximate surface area is 183 Å². The van der Waals surface area contributed by atoms with E-state index in [9.17, 15) is 14.0 Å². The summed E-state index contributed by atoms with van der Waals surface area (Å²) in [5.74, 6) is -1.41. The predicted molar refractivity (Wildman–Crippen MR) is 116 cm³/mol. The van der Waals surface area contributed by atoms with E-state index in [-0.39, 0.29) is 23.7 Å². The van der Waals surface area contributed by atoms with Gasteiger partial charge in [0.15, 0.2) is 16.5 Å². The van der Waals surface area contributed by atoms with Gasteiger partial charge in [-0.15, -0.1) is 11.3 Å². The average Bonchev–Trinajstić information content (AvgIpc) is 3.13. The Morgan fingerprint density at radius 3 is 2.35 bits per heavy atom. The smallest absolute Gasteiger partial charge is 0.278 e. The number of nitrogens with one attached hydrogen (secondary N) is 2. The number of anilines is 1. The maximum atomic E-state index is 13.0. The van der Waals surface area contributed by atoms with Crippen molar-refractivity contribution in [2.24, 2.45) is 0 Å². The largest absolute Gasteiger partial charge is 0.347 e. The van der Waals surface area contributed by atoms with Crippen molar-refractivity contribution in [2.45, 2.75) is 45.1 Å². The lowest BCUT2D eigenvalue weighted by atomic mass is 10.0. The van der Waals surface area contributed by atoms with Crippen molar-refractivity contribution in [2.75, 3.05) is 5.32 Å². The van der Waals surface area contributed by atoms with Crippen LogP contribution in [0.25, 0.3) is 0 Å². The summed E-state index contributed by atoms with van der Waals surface area (Å²) in [6.07, 6.45) is 9.28. The second-order valence-corrected chi connectivity index (χ2v) is 8.40. The van der Waals surface area contributed by atoms with Crippen LogP contribution < -0.4 is 10.6 Å². The van der Waals surface area contributed by atoms with Gasteiger partial charge in [0.2, 0.25) is 0 Å². The molecule has 0 bridgehead atoms. The van der Waals surface area contributed by atoms with Crippen molar-refractivity contribution < 1.29 is 14.0 Å². The number of aromatic nitrogens is 3. The molecule has 1 aromatic carbocycles. The minimum Gasteiger partial charge on any atom is -0.347 e. The second-order valence-electron chi connectivity index (χ2n) is 7.32. The van der Waals surface area contributed by atoms with Crippen molar-refractivity contribution in [3.8, 4) is 0 Å². The van der Waals surface area contributed by atoms with Crippen LogP contribution in [0.3, 0.4) is 0 Å². The Morgan fingerprint density at radius 2 is 1.61 bits per heavy atom. The topological polar surface area (TPSA) is 96.9 Å². The van der Waals surface area contributed by atoms with Crippen LogP contribution >= 0.6 is 11.3 Å². The third kappa shape index (κ3) is 5.29. The highest BCUT2D eigenvalue weighted by Gasteiger charge is 2.22. The monoisotopic (exact) mass is 439 g/mol. The van der Waals surface area contributed by atoms with Gasteiger partial charge in [0.1, 0.15) is 5.82 Å². The van der Waals surface area contributed by atoms with Gasteiger partial charge in [0, 0.05) is 23.8 Å². The molecule has 3 aromatic rings. The minimum absolute atomic E-state index is 0.0678. The fourth-order valence-corrected chi connectivity index (χ4v) is 4.50. The van der Waals surface area contributed by atoms with E-state index < -0.39 is 11.8 Å². The Morgan fingerprint density at radius 1 is 0.935 bits per heavy atom. The zero-order chi connectivity index (χ0) is 21.6. The van der Waals surface area contributed by atoms with Gasteiger partial charge in [-0.05, 0) is 43.4 Å². The molecule has 2 amide bonds. The Bertz CT molecular complexity index is 1060. The quantitative estimate of drug-likeness (QED) is 0.628. The maximum Gasteiger partial charge on any atom is 0.278 e. The number of carbonyl (C=O) groups excluding carboxylic acids is 2. The molecule has 2 aromatic heterocycles. The standard InChI is InChI=1S/C22H22FN5O2S/c23-15-9-7-14(8-10-15)13-26-20(29)18-19(25-12-11-24-18)21(30)28-22-27-16-5-3-1-2-4-6-17(16)31-22/h7-12H,1-6,13H2,(H,26,29)(H,27,28,30). The Kier molecular flexibility index (Phi) is 6.61. The summed E-state index contributed by atoms with van der Waals surface area (Å²) >= 11 is 1.48. The molecule has 4 rings (SSSR count). The summed E-state index contributed by atoms with van der Waals surface area (Å²) in [6.45, 7) is 0.177. The zero-order valence-electron chi connectivity index (χ0n) is 16.9. The van der Waals surface area contributed by atoms with Crippen LogP contribution in [0.4, 0.5) is 9.52 Å². The molecule has 1 aliphatic rings. The van der Waals surface area contributed by atoms with Gasteiger partial charge in [0.25, 0.3) is 11.8 Å². The minimum atomic E-state index is -0.533. The second kappa shape index (κ2) is 9.74.